The Bertz CT molecular complexity index is 1840. The van der Waals surface area contributed by atoms with E-state index >= 15 is 0 Å². The number of nitro groups is 2. The molecule has 2 heterocycles. The molecule has 4 atom stereocenters. The van der Waals surface area contributed by atoms with Gasteiger partial charge in [0.2, 0.25) is 0 Å². The van der Waals surface area contributed by atoms with Crippen LogP contribution in [0, 0.1) is 20.2 Å². The molecule has 0 saturated carbocycles. The number of esters is 2. The molecule has 2 amide bonds. The molecule has 0 bridgehead atoms. The molecule has 2 aliphatic heterocycles. The van der Waals surface area contributed by atoms with E-state index < -0.39 is 57.4 Å². The van der Waals surface area contributed by atoms with E-state index in [0.29, 0.717) is 11.5 Å². The van der Waals surface area contributed by atoms with Crippen molar-refractivity contribution >= 4 is 59.0 Å². The zero-order valence-corrected chi connectivity index (χ0v) is 34.6. The summed E-state index contributed by atoms with van der Waals surface area (Å²) < 4.78 is 22.9. The van der Waals surface area contributed by atoms with Gasteiger partial charge in [0, 0.05) is 48.9 Å². The lowest BCUT2D eigenvalue weighted by Gasteiger charge is -2.24. The Kier molecular flexibility index (Phi) is 13.9. The molecule has 18 heteroatoms. The quantitative estimate of drug-likeness (QED) is 0.0745. The fraction of sp³-hybridized carbons (Fsp3) is 0.450. The molecule has 0 unspecified atom stereocenters. The Balaban J connectivity index is 1.21. The number of rotatable bonds is 12. The fourth-order valence-corrected chi connectivity index (χ4v) is 8.45. The minimum Gasteiger partial charge on any atom is -0.456 e. The molecule has 0 radical (unpaired) electrons. The van der Waals surface area contributed by atoms with Crippen molar-refractivity contribution in [3.63, 3.8) is 0 Å². The Hall–Kier alpha value is -5.36. The highest BCUT2D eigenvalue weighted by atomic mass is 32.2. The molecule has 310 valence electrons. The minimum absolute atomic E-state index is 0.123. The number of hydrogen-bond donors (Lipinski definition) is 0. The van der Waals surface area contributed by atoms with E-state index in [4.69, 9.17) is 18.9 Å². The van der Waals surface area contributed by atoms with Gasteiger partial charge in [0.05, 0.1) is 44.6 Å². The van der Waals surface area contributed by atoms with Gasteiger partial charge < -0.3 is 28.7 Å². The van der Waals surface area contributed by atoms with Crippen molar-refractivity contribution in [1.82, 2.24) is 9.80 Å². The Morgan fingerprint density at radius 1 is 0.586 bits per heavy atom. The third-order valence-corrected chi connectivity index (χ3v) is 11.6. The summed E-state index contributed by atoms with van der Waals surface area (Å²) in [6, 6.07) is 18.2. The second kappa shape index (κ2) is 18.5. The van der Waals surface area contributed by atoms with Crippen LogP contribution in [0.25, 0.3) is 0 Å². The predicted molar refractivity (Wildman–Crippen MR) is 217 cm³/mol. The number of hydrogen-bond acceptors (Lipinski definition) is 14. The summed E-state index contributed by atoms with van der Waals surface area (Å²) in [5.74, 6) is -0.226. The SMILES string of the molecule is CC(C)(C)OC(=O)N1C[C@@H](OC(=O)c2ccc([N+](=O)[O-])cc2)[C@H](SCc2ccc(CS[C@@H]3CN(C(=O)OC(C)(C)C)C[C@H]3OC(=O)c3ccc([N+](=O)[O-])cc3)cc2)C1. The number of nitro benzene ring substituents is 2. The van der Waals surface area contributed by atoms with E-state index in [2.05, 4.69) is 0 Å². The largest absolute Gasteiger partial charge is 0.456 e. The molecule has 3 aromatic rings. The van der Waals surface area contributed by atoms with Crippen LogP contribution in [-0.2, 0) is 30.5 Å². The average molecular weight is 839 g/mol. The second-order valence-corrected chi connectivity index (χ2v) is 18.2. The van der Waals surface area contributed by atoms with E-state index in [1.165, 1.54) is 81.9 Å². The fourth-order valence-electron chi connectivity index (χ4n) is 5.97. The molecule has 0 aromatic heterocycles. The van der Waals surface area contributed by atoms with Gasteiger partial charge in [-0.1, -0.05) is 24.3 Å². The molecule has 2 saturated heterocycles. The van der Waals surface area contributed by atoms with Crippen LogP contribution in [0.4, 0.5) is 21.0 Å². The van der Waals surface area contributed by atoms with Crippen molar-refractivity contribution < 1.29 is 48.0 Å². The summed E-state index contributed by atoms with van der Waals surface area (Å²) in [6.45, 7) is 11.4. The smallest absolute Gasteiger partial charge is 0.410 e. The highest BCUT2D eigenvalue weighted by molar-refractivity contribution is 7.99. The summed E-state index contributed by atoms with van der Waals surface area (Å²) in [5, 5.41) is 21.5. The number of thioether (sulfide) groups is 2. The maximum absolute atomic E-state index is 13.1. The van der Waals surface area contributed by atoms with E-state index in [1.807, 2.05) is 24.3 Å². The molecule has 3 aromatic carbocycles. The lowest BCUT2D eigenvalue weighted by molar-refractivity contribution is -0.385. The van der Waals surface area contributed by atoms with Gasteiger partial charge in [0.25, 0.3) is 11.4 Å². The third kappa shape index (κ3) is 12.3. The van der Waals surface area contributed by atoms with Gasteiger partial charge in [-0.3, -0.25) is 20.2 Å². The molecule has 16 nitrogen and oxygen atoms in total. The number of carbonyl (C=O) groups excluding carboxylic acids is 4. The molecule has 58 heavy (non-hydrogen) atoms. The van der Waals surface area contributed by atoms with Crippen LogP contribution in [0.15, 0.2) is 72.8 Å². The van der Waals surface area contributed by atoms with Gasteiger partial charge in [-0.05, 0) is 76.9 Å². The number of amides is 2. The summed E-state index contributed by atoms with van der Waals surface area (Å²) in [7, 11) is 0. The Morgan fingerprint density at radius 3 is 1.21 bits per heavy atom. The number of non-ortho nitro benzene ring substituents is 2. The van der Waals surface area contributed by atoms with E-state index in [0.717, 1.165) is 11.1 Å². The van der Waals surface area contributed by atoms with E-state index in [9.17, 15) is 39.4 Å². The van der Waals surface area contributed by atoms with Crippen LogP contribution >= 0.6 is 23.5 Å². The normalized spacial score (nSPS) is 19.3. The van der Waals surface area contributed by atoms with Gasteiger partial charge in [-0.15, -0.1) is 23.5 Å². The van der Waals surface area contributed by atoms with Crippen molar-refractivity contribution in [2.24, 2.45) is 0 Å². The van der Waals surface area contributed by atoms with Gasteiger partial charge in [0.1, 0.15) is 23.4 Å². The standard InChI is InChI=1S/C40H46N4O12S2/c1-39(2,3)55-37(47)41-19-31(53-35(45)27-11-15-29(16-12-27)43(49)50)33(21-41)57-23-25-7-9-26(10-8-25)24-58-34-22-42(38(48)56-40(4,5)6)20-32(34)54-36(46)28-13-17-30(18-14-28)44(51)52/h7-18,31-34H,19-24H2,1-6H3/t31-,32-,33-,34-/m1/s1. The summed E-state index contributed by atoms with van der Waals surface area (Å²) in [4.78, 5) is 76.1. The first-order chi connectivity index (χ1) is 27.2. The minimum atomic E-state index is -0.719. The van der Waals surface area contributed by atoms with Crippen LogP contribution in [0.1, 0.15) is 73.4 Å². The van der Waals surface area contributed by atoms with Crippen LogP contribution in [0.2, 0.25) is 0 Å². The highest BCUT2D eigenvalue weighted by Crippen LogP contribution is 2.33. The summed E-state index contributed by atoms with van der Waals surface area (Å²) in [6.07, 6.45) is -2.36. The number of ether oxygens (including phenoxy) is 4. The maximum Gasteiger partial charge on any atom is 0.410 e. The molecular weight excluding hydrogens is 793 g/mol. The van der Waals surface area contributed by atoms with Gasteiger partial charge in [-0.25, -0.2) is 19.2 Å². The molecule has 0 aliphatic carbocycles. The molecule has 0 spiro atoms. The summed E-state index contributed by atoms with van der Waals surface area (Å²) >= 11 is 3.06. The van der Waals surface area contributed by atoms with Gasteiger partial charge in [-0.2, -0.15) is 0 Å². The average Bonchev–Trinajstić information content (AvgIpc) is 3.76. The van der Waals surface area contributed by atoms with Crippen molar-refractivity contribution in [2.45, 2.75) is 87.0 Å². The second-order valence-electron chi connectivity index (χ2n) is 15.8. The molecule has 0 N–H and O–H groups in total. The Morgan fingerprint density at radius 2 is 0.914 bits per heavy atom. The lowest BCUT2D eigenvalue weighted by atomic mass is 10.2. The van der Waals surface area contributed by atoms with Crippen molar-refractivity contribution in [3.8, 4) is 0 Å². The predicted octanol–water partition coefficient (Wildman–Crippen LogP) is 7.66. The molecule has 2 fully saturated rings. The first-order valence-corrected chi connectivity index (χ1v) is 20.5. The van der Waals surface area contributed by atoms with E-state index in [1.54, 1.807) is 41.5 Å². The van der Waals surface area contributed by atoms with Crippen molar-refractivity contribution in [3.05, 3.63) is 115 Å². The number of likely N-dealkylation sites (tertiary alicyclic amines) is 2. The van der Waals surface area contributed by atoms with Crippen LogP contribution in [0.5, 0.6) is 0 Å². The van der Waals surface area contributed by atoms with Crippen LogP contribution in [-0.4, -0.2) is 104 Å². The molecule has 2 aliphatic rings. The molecule has 5 rings (SSSR count). The zero-order chi connectivity index (χ0) is 42.4. The van der Waals surface area contributed by atoms with Gasteiger partial charge >= 0.3 is 24.1 Å². The number of nitrogens with zero attached hydrogens (tertiary/aromatic N) is 4. The first kappa shape index (κ1) is 43.8. The first-order valence-electron chi connectivity index (χ1n) is 18.4. The molecular formula is C40H46N4O12S2. The third-order valence-electron chi connectivity index (χ3n) is 8.83. The number of benzene rings is 3. The maximum atomic E-state index is 13.1. The highest BCUT2D eigenvalue weighted by Gasteiger charge is 2.41. The summed E-state index contributed by atoms with van der Waals surface area (Å²) in [5.41, 5.74) is 0.545. The lowest BCUT2D eigenvalue weighted by Crippen LogP contribution is -2.36. The van der Waals surface area contributed by atoms with Crippen LogP contribution < -0.4 is 0 Å². The van der Waals surface area contributed by atoms with Crippen molar-refractivity contribution in [2.75, 3.05) is 26.2 Å². The Labute approximate surface area is 344 Å². The topological polar surface area (TPSA) is 198 Å². The van der Waals surface area contributed by atoms with E-state index in [-0.39, 0.29) is 59.2 Å². The monoisotopic (exact) mass is 838 g/mol. The zero-order valence-electron chi connectivity index (χ0n) is 33.0. The number of carbonyl (C=O) groups is 4. The van der Waals surface area contributed by atoms with Crippen LogP contribution in [0.3, 0.4) is 0 Å². The van der Waals surface area contributed by atoms with Gasteiger partial charge in [0.15, 0.2) is 0 Å². The van der Waals surface area contributed by atoms with Crippen molar-refractivity contribution in [1.29, 1.82) is 0 Å².